The molecule has 4 heteroatoms. The van der Waals surface area contributed by atoms with Crippen LogP contribution in [0.15, 0.2) is 42.5 Å². The predicted molar refractivity (Wildman–Crippen MR) is 101 cm³/mol. The van der Waals surface area contributed by atoms with Gasteiger partial charge in [-0.25, -0.2) is 0 Å². The smallest absolute Gasteiger partial charge is 0.306 e. The van der Waals surface area contributed by atoms with Crippen LogP contribution in [0.1, 0.15) is 50.1 Å². The molecule has 1 N–H and O–H groups in total. The number of likely N-dealkylation sites (tertiary alicyclic amines) is 1. The lowest BCUT2D eigenvalue weighted by Crippen LogP contribution is -2.38. The number of carboxylic acids is 1. The number of hydrogen-bond donors (Lipinski definition) is 1. The molecule has 1 saturated carbocycles. The minimum absolute atomic E-state index is 0.0128. The van der Waals surface area contributed by atoms with Gasteiger partial charge in [-0.15, -0.1) is 0 Å². The number of benzene rings is 2. The van der Waals surface area contributed by atoms with Gasteiger partial charge in [-0.2, -0.15) is 0 Å². The van der Waals surface area contributed by atoms with Crippen molar-refractivity contribution >= 4 is 22.6 Å². The molecule has 1 aliphatic heterocycles. The Kier molecular flexibility index (Phi) is 4.66. The van der Waals surface area contributed by atoms with Crippen LogP contribution in [-0.4, -0.2) is 28.4 Å². The van der Waals surface area contributed by atoms with Gasteiger partial charge in [0.2, 0.25) is 5.91 Å². The van der Waals surface area contributed by atoms with Crippen LogP contribution in [0.3, 0.4) is 0 Å². The number of rotatable bonds is 3. The van der Waals surface area contributed by atoms with Crippen molar-refractivity contribution in [3.63, 3.8) is 0 Å². The quantitative estimate of drug-likeness (QED) is 0.892. The molecule has 0 spiro atoms. The number of nitrogens with zero attached hydrogens (tertiary/aromatic N) is 1. The summed E-state index contributed by atoms with van der Waals surface area (Å²) in [7, 11) is 0. The van der Waals surface area contributed by atoms with Gasteiger partial charge in [-0.05, 0) is 54.9 Å². The van der Waals surface area contributed by atoms with E-state index in [1.165, 1.54) is 16.3 Å². The fourth-order valence-corrected chi connectivity index (χ4v) is 4.72. The molecule has 2 aromatic rings. The average molecular weight is 351 g/mol. The molecule has 2 aliphatic rings. The molecular formula is C22H25NO3. The van der Waals surface area contributed by atoms with Crippen molar-refractivity contribution in [1.29, 1.82) is 0 Å². The van der Waals surface area contributed by atoms with Crippen molar-refractivity contribution in [2.24, 2.45) is 11.8 Å². The number of carbonyl (C=O) groups excluding carboxylic acids is 1. The van der Waals surface area contributed by atoms with Gasteiger partial charge in [-0.1, -0.05) is 42.5 Å². The van der Waals surface area contributed by atoms with Crippen molar-refractivity contribution in [2.45, 2.75) is 44.6 Å². The zero-order valence-corrected chi connectivity index (χ0v) is 14.9. The van der Waals surface area contributed by atoms with Crippen LogP contribution in [0.4, 0.5) is 0 Å². The third-order valence-electron chi connectivity index (χ3n) is 6.14. The fourth-order valence-electron chi connectivity index (χ4n) is 4.72. The fraction of sp³-hybridized carbons (Fsp3) is 0.455. The van der Waals surface area contributed by atoms with Crippen LogP contribution in [0.5, 0.6) is 0 Å². The van der Waals surface area contributed by atoms with Crippen LogP contribution in [0.2, 0.25) is 0 Å². The zero-order chi connectivity index (χ0) is 18.1. The topological polar surface area (TPSA) is 57.6 Å². The molecule has 1 atom stereocenters. The maximum absolute atomic E-state index is 13.2. The second-order valence-electron chi connectivity index (χ2n) is 7.64. The van der Waals surface area contributed by atoms with Gasteiger partial charge >= 0.3 is 5.97 Å². The molecule has 0 bridgehead atoms. The molecule has 1 saturated heterocycles. The van der Waals surface area contributed by atoms with E-state index in [4.69, 9.17) is 0 Å². The van der Waals surface area contributed by atoms with Crippen molar-refractivity contribution < 1.29 is 14.7 Å². The van der Waals surface area contributed by atoms with Crippen LogP contribution in [-0.2, 0) is 9.59 Å². The second kappa shape index (κ2) is 7.10. The van der Waals surface area contributed by atoms with Crippen LogP contribution in [0.25, 0.3) is 10.8 Å². The van der Waals surface area contributed by atoms with Crippen molar-refractivity contribution in [1.82, 2.24) is 4.90 Å². The summed E-state index contributed by atoms with van der Waals surface area (Å²) in [6.45, 7) is 0.811. The van der Waals surface area contributed by atoms with Gasteiger partial charge in [-0.3, -0.25) is 9.59 Å². The van der Waals surface area contributed by atoms with Gasteiger partial charge in [0.1, 0.15) is 0 Å². The highest BCUT2D eigenvalue weighted by atomic mass is 16.4. The van der Waals surface area contributed by atoms with Crippen molar-refractivity contribution in [3.05, 3.63) is 48.0 Å². The molecular weight excluding hydrogens is 326 g/mol. The monoisotopic (exact) mass is 351 g/mol. The van der Waals surface area contributed by atoms with E-state index in [1.807, 2.05) is 6.07 Å². The van der Waals surface area contributed by atoms with E-state index in [9.17, 15) is 14.7 Å². The number of carboxylic acid groups (broad SMARTS) is 1. The summed E-state index contributed by atoms with van der Waals surface area (Å²) in [6, 6.07) is 14.9. The summed E-state index contributed by atoms with van der Waals surface area (Å²) in [5.74, 6) is -0.775. The van der Waals surface area contributed by atoms with Gasteiger partial charge < -0.3 is 10.0 Å². The third kappa shape index (κ3) is 3.09. The number of hydrogen-bond acceptors (Lipinski definition) is 2. The largest absolute Gasteiger partial charge is 0.481 e. The summed E-state index contributed by atoms with van der Waals surface area (Å²) in [5, 5.41) is 11.6. The lowest BCUT2D eigenvalue weighted by molar-refractivity contribution is -0.146. The van der Waals surface area contributed by atoms with Crippen molar-refractivity contribution in [2.75, 3.05) is 6.54 Å². The van der Waals surface area contributed by atoms with Gasteiger partial charge in [0.15, 0.2) is 0 Å². The highest BCUT2D eigenvalue weighted by Gasteiger charge is 2.37. The maximum Gasteiger partial charge on any atom is 0.306 e. The molecule has 2 fully saturated rings. The first kappa shape index (κ1) is 17.1. The van der Waals surface area contributed by atoms with Crippen LogP contribution >= 0.6 is 0 Å². The van der Waals surface area contributed by atoms with E-state index >= 15 is 0 Å². The molecule has 0 aromatic heterocycles. The third-order valence-corrected chi connectivity index (χ3v) is 6.14. The van der Waals surface area contributed by atoms with E-state index in [0.717, 1.165) is 19.4 Å². The Balaban J connectivity index is 1.55. The van der Waals surface area contributed by atoms with Gasteiger partial charge in [0, 0.05) is 12.5 Å². The Morgan fingerprint density at radius 1 is 0.885 bits per heavy atom. The minimum atomic E-state index is -0.717. The Hall–Kier alpha value is -2.36. The molecule has 1 aliphatic carbocycles. The van der Waals surface area contributed by atoms with Crippen molar-refractivity contribution in [3.8, 4) is 0 Å². The number of aliphatic carboxylic acids is 1. The molecule has 0 radical (unpaired) electrons. The predicted octanol–water partition coefficient (Wildman–Crippen LogP) is 4.39. The zero-order valence-electron chi connectivity index (χ0n) is 14.9. The average Bonchev–Trinajstić information content (AvgIpc) is 3.16. The summed E-state index contributed by atoms with van der Waals surface area (Å²) >= 11 is 0. The van der Waals surface area contributed by atoms with E-state index in [0.29, 0.717) is 25.7 Å². The first-order chi connectivity index (χ1) is 12.6. The Bertz CT molecular complexity index is 818. The molecule has 1 amide bonds. The van der Waals surface area contributed by atoms with E-state index in [1.54, 1.807) is 0 Å². The molecule has 4 rings (SSSR count). The Morgan fingerprint density at radius 2 is 1.58 bits per heavy atom. The Morgan fingerprint density at radius 3 is 2.35 bits per heavy atom. The molecule has 26 heavy (non-hydrogen) atoms. The highest BCUT2D eigenvalue weighted by molar-refractivity contribution is 5.87. The molecule has 4 nitrogen and oxygen atoms in total. The lowest BCUT2D eigenvalue weighted by Gasteiger charge is -2.32. The first-order valence-corrected chi connectivity index (χ1v) is 9.66. The maximum atomic E-state index is 13.2. The first-order valence-electron chi connectivity index (χ1n) is 9.66. The van der Waals surface area contributed by atoms with E-state index in [2.05, 4.69) is 41.3 Å². The van der Waals surface area contributed by atoms with E-state index < -0.39 is 5.97 Å². The van der Waals surface area contributed by atoms with Gasteiger partial charge in [0.25, 0.3) is 0 Å². The SMILES string of the molecule is O=C(O)C1CCC(C(=O)N2CCCC2c2cccc3ccccc23)CC1. The summed E-state index contributed by atoms with van der Waals surface area (Å²) in [4.78, 5) is 26.4. The molecule has 1 heterocycles. The highest BCUT2D eigenvalue weighted by Crippen LogP contribution is 2.39. The number of carbonyl (C=O) groups is 2. The van der Waals surface area contributed by atoms with Crippen LogP contribution < -0.4 is 0 Å². The summed E-state index contributed by atoms with van der Waals surface area (Å²) < 4.78 is 0. The Labute approximate surface area is 153 Å². The lowest BCUT2D eigenvalue weighted by atomic mass is 9.81. The molecule has 136 valence electrons. The normalized spacial score (nSPS) is 26.2. The summed E-state index contributed by atoms with van der Waals surface area (Å²) in [6.07, 6.45) is 4.69. The molecule has 2 aromatic carbocycles. The molecule has 1 unspecified atom stereocenters. The minimum Gasteiger partial charge on any atom is -0.481 e. The number of amides is 1. The van der Waals surface area contributed by atoms with Crippen LogP contribution in [0, 0.1) is 11.8 Å². The second-order valence-corrected chi connectivity index (χ2v) is 7.64. The van der Waals surface area contributed by atoms with E-state index in [-0.39, 0.29) is 23.8 Å². The van der Waals surface area contributed by atoms with Gasteiger partial charge in [0.05, 0.1) is 12.0 Å². The summed E-state index contributed by atoms with van der Waals surface area (Å²) in [5.41, 5.74) is 1.24. The number of fused-ring (bicyclic) bond motifs is 1. The standard InChI is InChI=1S/C22H25NO3/c24-21(16-10-12-17(13-11-16)22(25)26)23-14-4-9-20(23)19-8-3-6-15-5-1-2-7-18(15)19/h1-3,5-8,16-17,20H,4,9-14H2,(H,25,26).